The van der Waals surface area contributed by atoms with Crippen molar-refractivity contribution in [2.24, 2.45) is 0 Å². The van der Waals surface area contributed by atoms with E-state index < -0.39 is 0 Å². The molecule has 0 radical (unpaired) electrons. The first-order valence-electron chi connectivity index (χ1n) is 5.90. The Morgan fingerprint density at radius 2 is 2.11 bits per heavy atom. The van der Waals surface area contributed by atoms with Crippen LogP contribution in [0.4, 0.5) is 0 Å². The minimum atomic E-state index is -0.144. The third-order valence-electron chi connectivity index (χ3n) is 2.41. The highest BCUT2D eigenvalue weighted by Gasteiger charge is 2.11. The first-order valence-corrected chi connectivity index (χ1v) is 6.28. The van der Waals surface area contributed by atoms with E-state index in [2.05, 4.69) is 4.98 Å². The second-order valence-corrected chi connectivity index (χ2v) is 4.57. The summed E-state index contributed by atoms with van der Waals surface area (Å²) in [6.07, 6.45) is 0. The SMILES string of the molecule is COCCOCCn1c(C(C)C)nc(Cl)cc1=O. The molecule has 18 heavy (non-hydrogen) atoms. The molecule has 5 nitrogen and oxygen atoms in total. The zero-order valence-corrected chi connectivity index (χ0v) is 11.7. The summed E-state index contributed by atoms with van der Waals surface area (Å²) < 4.78 is 11.8. The molecule has 6 heteroatoms. The zero-order valence-electron chi connectivity index (χ0n) is 11.0. The average Bonchev–Trinajstić information content (AvgIpc) is 2.30. The van der Waals surface area contributed by atoms with E-state index in [1.54, 1.807) is 11.7 Å². The molecule has 0 aliphatic carbocycles. The molecule has 0 bridgehead atoms. The predicted molar refractivity (Wildman–Crippen MR) is 70.3 cm³/mol. The van der Waals surface area contributed by atoms with Crippen molar-refractivity contribution in [3.8, 4) is 0 Å². The van der Waals surface area contributed by atoms with E-state index in [9.17, 15) is 4.79 Å². The van der Waals surface area contributed by atoms with Gasteiger partial charge >= 0.3 is 0 Å². The van der Waals surface area contributed by atoms with Crippen molar-refractivity contribution in [2.45, 2.75) is 26.3 Å². The molecule has 0 unspecified atom stereocenters. The van der Waals surface area contributed by atoms with Gasteiger partial charge < -0.3 is 9.47 Å². The fourth-order valence-electron chi connectivity index (χ4n) is 1.56. The number of ether oxygens (including phenoxy) is 2. The number of aromatic nitrogens is 2. The molecular weight excluding hydrogens is 256 g/mol. The van der Waals surface area contributed by atoms with E-state index in [1.165, 1.54) is 6.07 Å². The van der Waals surface area contributed by atoms with Crippen molar-refractivity contribution in [2.75, 3.05) is 26.9 Å². The molecule has 1 rings (SSSR count). The normalized spacial score (nSPS) is 11.2. The third-order valence-corrected chi connectivity index (χ3v) is 2.61. The number of hydrogen-bond donors (Lipinski definition) is 0. The largest absolute Gasteiger partial charge is 0.382 e. The van der Waals surface area contributed by atoms with Crippen LogP contribution < -0.4 is 5.56 Å². The first-order chi connectivity index (χ1) is 8.56. The highest BCUT2D eigenvalue weighted by atomic mass is 35.5. The summed E-state index contributed by atoms with van der Waals surface area (Å²) in [7, 11) is 1.62. The van der Waals surface area contributed by atoms with Crippen LogP contribution in [0, 0.1) is 0 Å². The molecule has 0 N–H and O–H groups in total. The lowest BCUT2D eigenvalue weighted by atomic mass is 10.2. The summed E-state index contributed by atoms with van der Waals surface area (Å²) in [6.45, 7) is 5.93. The molecule has 0 aliphatic heterocycles. The average molecular weight is 275 g/mol. The smallest absolute Gasteiger partial charge is 0.255 e. The van der Waals surface area contributed by atoms with Gasteiger partial charge in [0.15, 0.2) is 0 Å². The van der Waals surface area contributed by atoms with Crippen molar-refractivity contribution < 1.29 is 9.47 Å². The number of nitrogens with zero attached hydrogens (tertiary/aromatic N) is 2. The lowest BCUT2D eigenvalue weighted by Crippen LogP contribution is -2.27. The van der Waals surface area contributed by atoms with Crippen LogP contribution >= 0.6 is 11.6 Å². The summed E-state index contributed by atoms with van der Waals surface area (Å²) >= 11 is 5.80. The molecule has 1 heterocycles. The van der Waals surface area contributed by atoms with Crippen molar-refractivity contribution in [3.63, 3.8) is 0 Å². The Hall–Kier alpha value is -0.910. The molecule has 0 spiro atoms. The molecule has 0 aliphatic rings. The topological polar surface area (TPSA) is 53.4 Å². The van der Waals surface area contributed by atoms with Gasteiger partial charge in [0.1, 0.15) is 11.0 Å². The van der Waals surface area contributed by atoms with Crippen LogP contribution in [0.15, 0.2) is 10.9 Å². The van der Waals surface area contributed by atoms with E-state index in [1.807, 2.05) is 13.8 Å². The molecule has 0 atom stereocenters. The van der Waals surface area contributed by atoms with Crippen LogP contribution in [0.5, 0.6) is 0 Å². The van der Waals surface area contributed by atoms with E-state index >= 15 is 0 Å². The number of methoxy groups -OCH3 is 1. The zero-order chi connectivity index (χ0) is 13.5. The van der Waals surface area contributed by atoms with Gasteiger partial charge in [-0.3, -0.25) is 9.36 Å². The third kappa shape index (κ3) is 4.40. The fourth-order valence-corrected chi connectivity index (χ4v) is 1.74. The molecule has 1 aromatic heterocycles. The van der Waals surface area contributed by atoms with Gasteiger partial charge in [-0.05, 0) is 0 Å². The Kier molecular flexibility index (Phi) is 6.32. The predicted octanol–water partition coefficient (Wildman–Crippen LogP) is 1.68. The fraction of sp³-hybridized carbons (Fsp3) is 0.667. The van der Waals surface area contributed by atoms with E-state index in [0.717, 1.165) is 0 Å². The van der Waals surface area contributed by atoms with Gasteiger partial charge in [-0.1, -0.05) is 25.4 Å². The Labute approximate surface area is 112 Å². The summed E-state index contributed by atoms with van der Waals surface area (Å²) in [5.74, 6) is 0.818. The van der Waals surface area contributed by atoms with Gasteiger partial charge in [0, 0.05) is 19.1 Å². The molecule has 0 saturated heterocycles. The Morgan fingerprint density at radius 1 is 1.39 bits per heavy atom. The van der Waals surface area contributed by atoms with Crippen molar-refractivity contribution in [3.05, 3.63) is 27.4 Å². The minimum Gasteiger partial charge on any atom is -0.382 e. The number of hydrogen-bond acceptors (Lipinski definition) is 4. The lowest BCUT2D eigenvalue weighted by molar-refractivity contribution is 0.0658. The second kappa shape index (κ2) is 7.51. The quantitative estimate of drug-likeness (QED) is 0.561. The van der Waals surface area contributed by atoms with Gasteiger partial charge in [0.05, 0.1) is 26.4 Å². The second-order valence-electron chi connectivity index (χ2n) is 4.19. The number of rotatable bonds is 7. The van der Waals surface area contributed by atoms with Gasteiger partial charge in [0.25, 0.3) is 5.56 Å². The maximum Gasteiger partial charge on any atom is 0.255 e. The van der Waals surface area contributed by atoms with Crippen LogP contribution in [-0.2, 0) is 16.0 Å². The molecule has 102 valence electrons. The van der Waals surface area contributed by atoms with Crippen LogP contribution in [0.3, 0.4) is 0 Å². The summed E-state index contributed by atoms with van der Waals surface area (Å²) in [5.41, 5.74) is -0.144. The first kappa shape index (κ1) is 15.1. The summed E-state index contributed by atoms with van der Waals surface area (Å²) in [5, 5.41) is 0.236. The van der Waals surface area contributed by atoms with Gasteiger partial charge in [-0.15, -0.1) is 0 Å². The van der Waals surface area contributed by atoms with Gasteiger partial charge in [-0.25, -0.2) is 4.98 Å². The highest BCUT2D eigenvalue weighted by molar-refractivity contribution is 6.29. The van der Waals surface area contributed by atoms with E-state index in [0.29, 0.717) is 32.2 Å². The molecule has 1 aromatic rings. The number of halogens is 1. The van der Waals surface area contributed by atoms with Crippen molar-refractivity contribution >= 4 is 11.6 Å². The van der Waals surface area contributed by atoms with Crippen molar-refractivity contribution in [1.82, 2.24) is 9.55 Å². The maximum atomic E-state index is 11.8. The molecule has 0 saturated carbocycles. The van der Waals surface area contributed by atoms with Crippen LogP contribution in [-0.4, -0.2) is 36.5 Å². The molecule has 0 fully saturated rings. The molecule has 0 aromatic carbocycles. The van der Waals surface area contributed by atoms with Gasteiger partial charge in [-0.2, -0.15) is 0 Å². The monoisotopic (exact) mass is 274 g/mol. The Balaban J connectivity index is 2.72. The van der Waals surface area contributed by atoms with Crippen molar-refractivity contribution in [1.29, 1.82) is 0 Å². The maximum absolute atomic E-state index is 11.8. The van der Waals surface area contributed by atoms with Crippen LogP contribution in [0.25, 0.3) is 0 Å². The van der Waals surface area contributed by atoms with E-state index in [-0.39, 0.29) is 16.6 Å². The van der Waals surface area contributed by atoms with Gasteiger partial charge in [0.2, 0.25) is 0 Å². The molecular formula is C12H19ClN2O3. The minimum absolute atomic E-state index is 0.135. The standard InChI is InChI=1S/C12H19ClN2O3/c1-9(2)12-14-10(13)8-11(16)15(12)4-5-18-7-6-17-3/h8-9H,4-7H2,1-3H3. The van der Waals surface area contributed by atoms with E-state index in [4.69, 9.17) is 21.1 Å². The lowest BCUT2D eigenvalue weighted by Gasteiger charge is -2.14. The van der Waals surface area contributed by atoms with Crippen LogP contribution in [0.2, 0.25) is 5.15 Å². The molecule has 0 amide bonds. The Morgan fingerprint density at radius 3 is 2.72 bits per heavy atom. The summed E-state index contributed by atoms with van der Waals surface area (Å²) in [4.78, 5) is 16.0. The summed E-state index contributed by atoms with van der Waals surface area (Å²) in [6, 6.07) is 1.32. The highest BCUT2D eigenvalue weighted by Crippen LogP contribution is 2.12. The van der Waals surface area contributed by atoms with Crippen LogP contribution in [0.1, 0.15) is 25.6 Å². The Bertz CT molecular complexity index is 432.